The summed E-state index contributed by atoms with van der Waals surface area (Å²) in [5, 5.41) is 4.08. The summed E-state index contributed by atoms with van der Waals surface area (Å²) in [4.78, 5) is 15.8. The summed E-state index contributed by atoms with van der Waals surface area (Å²) < 4.78 is 7.38. The first-order chi connectivity index (χ1) is 9.02. The Balaban J connectivity index is 2.43. The van der Waals surface area contributed by atoms with Crippen LogP contribution in [0.1, 0.15) is 23.1 Å². The number of rotatable bonds is 3. The van der Waals surface area contributed by atoms with E-state index >= 15 is 0 Å². The lowest BCUT2D eigenvalue weighted by Gasteiger charge is -2.03. The van der Waals surface area contributed by atoms with Gasteiger partial charge in [-0.25, -0.2) is 14.5 Å². The van der Waals surface area contributed by atoms with Gasteiger partial charge in [0.25, 0.3) is 5.82 Å². The standard InChI is InChI=1S/C13H14BrN3O2/c1-4-19-13(18)11-15-12(17(3)16-11)9-6-5-8(2)7-10(9)14/h5-7H,4H2,1-3H3. The van der Waals surface area contributed by atoms with E-state index in [0.29, 0.717) is 12.4 Å². The van der Waals surface area contributed by atoms with E-state index in [1.807, 2.05) is 25.1 Å². The Kier molecular flexibility index (Phi) is 3.99. The summed E-state index contributed by atoms with van der Waals surface area (Å²) in [6.45, 7) is 4.06. The minimum atomic E-state index is -0.507. The van der Waals surface area contributed by atoms with Crippen LogP contribution in [0.15, 0.2) is 22.7 Å². The zero-order valence-electron chi connectivity index (χ0n) is 11.0. The Morgan fingerprint density at radius 3 is 2.84 bits per heavy atom. The molecule has 19 heavy (non-hydrogen) atoms. The number of esters is 1. The first kappa shape index (κ1) is 13.7. The largest absolute Gasteiger partial charge is 0.460 e. The molecule has 100 valence electrons. The van der Waals surface area contributed by atoms with Crippen molar-refractivity contribution in [2.24, 2.45) is 7.05 Å². The van der Waals surface area contributed by atoms with Gasteiger partial charge in [-0.3, -0.25) is 0 Å². The Bertz CT molecular complexity index is 622. The number of nitrogens with zero attached hydrogens (tertiary/aromatic N) is 3. The highest BCUT2D eigenvalue weighted by Gasteiger charge is 2.18. The maximum absolute atomic E-state index is 11.6. The van der Waals surface area contributed by atoms with Crippen LogP contribution in [0.5, 0.6) is 0 Å². The SMILES string of the molecule is CCOC(=O)c1nc(-c2ccc(C)cc2Br)n(C)n1. The smallest absolute Gasteiger partial charge is 0.378 e. The van der Waals surface area contributed by atoms with Crippen LogP contribution in [0, 0.1) is 6.92 Å². The maximum atomic E-state index is 11.6. The van der Waals surface area contributed by atoms with Crippen LogP contribution in [0.25, 0.3) is 11.4 Å². The normalized spacial score (nSPS) is 10.5. The van der Waals surface area contributed by atoms with Crippen molar-refractivity contribution < 1.29 is 9.53 Å². The molecule has 0 saturated heterocycles. The van der Waals surface area contributed by atoms with Gasteiger partial charge in [-0.1, -0.05) is 22.0 Å². The summed E-state index contributed by atoms with van der Waals surface area (Å²) in [5.74, 6) is 0.189. The Morgan fingerprint density at radius 2 is 2.21 bits per heavy atom. The summed E-state index contributed by atoms with van der Waals surface area (Å²) in [6.07, 6.45) is 0. The molecule has 0 aliphatic carbocycles. The molecule has 2 rings (SSSR count). The van der Waals surface area contributed by atoms with Crippen molar-refractivity contribution in [3.05, 3.63) is 34.1 Å². The van der Waals surface area contributed by atoms with Crippen molar-refractivity contribution >= 4 is 21.9 Å². The van der Waals surface area contributed by atoms with Crippen molar-refractivity contribution in [2.75, 3.05) is 6.61 Å². The molecule has 0 aliphatic rings. The molecule has 0 amide bonds. The number of aryl methyl sites for hydroxylation is 2. The molecule has 1 aromatic heterocycles. The van der Waals surface area contributed by atoms with Gasteiger partial charge < -0.3 is 4.74 Å². The zero-order valence-corrected chi connectivity index (χ0v) is 12.6. The van der Waals surface area contributed by atoms with Crippen molar-refractivity contribution in [2.45, 2.75) is 13.8 Å². The summed E-state index contributed by atoms with van der Waals surface area (Å²) in [5.41, 5.74) is 2.03. The van der Waals surface area contributed by atoms with E-state index in [1.54, 1.807) is 18.7 Å². The third-order valence-electron chi connectivity index (χ3n) is 2.59. The van der Waals surface area contributed by atoms with Crippen LogP contribution in [0.2, 0.25) is 0 Å². The van der Waals surface area contributed by atoms with E-state index < -0.39 is 5.97 Å². The molecule has 0 N–H and O–H groups in total. The number of hydrogen-bond acceptors (Lipinski definition) is 4. The van der Waals surface area contributed by atoms with Crippen LogP contribution in [0.4, 0.5) is 0 Å². The van der Waals surface area contributed by atoms with Gasteiger partial charge >= 0.3 is 5.97 Å². The molecule has 0 spiro atoms. The average Bonchev–Trinajstić information content (AvgIpc) is 2.72. The summed E-state index contributed by atoms with van der Waals surface area (Å²) in [7, 11) is 1.75. The van der Waals surface area contributed by atoms with Gasteiger partial charge in [0.05, 0.1) is 6.61 Å². The molecule has 2 aromatic rings. The van der Waals surface area contributed by atoms with Crippen LogP contribution >= 0.6 is 15.9 Å². The third kappa shape index (κ3) is 2.84. The molecule has 0 saturated carbocycles. The van der Waals surface area contributed by atoms with Gasteiger partial charge in [0, 0.05) is 17.1 Å². The molecule has 0 bridgehead atoms. The van der Waals surface area contributed by atoms with Crippen molar-refractivity contribution in [1.29, 1.82) is 0 Å². The minimum absolute atomic E-state index is 0.0758. The molecule has 0 radical (unpaired) electrons. The molecule has 0 atom stereocenters. The van der Waals surface area contributed by atoms with Gasteiger partial charge in [-0.05, 0) is 31.5 Å². The predicted octanol–water partition coefficient (Wildman–Crippen LogP) is 2.73. The Morgan fingerprint density at radius 1 is 1.47 bits per heavy atom. The second-order valence-electron chi connectivity index (χ2n) is 4.09. The highest BCUT2D eigenvalue weighted by Crippen LogP contribution is 2.27. The monoisotopic (exact) mass is 323 g/mol. The summed E-state index contributed by atoms with van der Waals surface area (Å²) >= 11 is 3.50. The maximum Gasteiger partial charge on any atom is 0.378 e. The zero-order chi connectivity index (χ0) is 14.0. The summed E-state index contributed by atoms with van der Waals surface area (Å²) in [6, 6.07) is 5.92. The van der Waals surface area contributed by atoms with Gasteiger partial charge in [-0.15, -0.1) is 5.10 Å². The second kappa shape index (κ2) is 5.52. The van der Waals surface area contributed by atoms with E-state index in [2.05, 4.69) is 26.0 Å². The van der Waals surface area contributed by atoms with Gasteiger partial charge in [-0.2, -0.15) is 0 Å². The fraction of sp³-hybridized carbons (Fsp3) is 0.308. The molecule has 0 unspecified atom stereocenters. The van der Waals surface area contributed by atoms with Crippen molar-refractivity contribution in [1.82, 2.24) is 14.8 Å². The number of ether oxygens (including phenoxy) is 1. The number of benzene rings is 1. The highest BCUT2D eigenvalue weighted by atomic mass is 79.9. The van der Waals surface area contributed by atoms with Gasteiger partial charge in [0.1, 0.15) is 0 Å². The number of aromatic nitrogens is 3. The van der Waals surface area contributed by atoms with E-state index in [9.17, 15) is 4.79 Å². The lowest BCUT2D eigenvalue weighted by molar-refractivity contribution is 0.0512. The molecule has 6 heteroatoms. The third-order valence-corrected chi connectivity index (χ3v) is 3.24. The van der Waals surface area contributed by atoms with Crippen molar-refractivity contribution in [3.63, 3.8) is 0 Å². The lowest BCUT2D eigenvalue weighted by Crippen LogP contribution is -2.07. The van der Waals surface area contributed by atoms with Crippen LogP contribution < -0.4 is 0 Å². The van der Waals surface area contributed by atoms with Crippen LogP contribution in [-0.4, -0.2) is 27.3 Å². The molecule has 1 aromatic carbocycles. The fourth-order valence-electron chi connectivity index (χ4n) is 1.70. The Hall–Kier alpha value is -1.69. The highest BCUT2D eigenvalue weighted by molar-refractivity contribution is 9.10. The first-order valence-electron chi connectivity index (χ1n) is 5.87. The minimum Gasteiger partial charge on any atom is -0.460 e. The van der Waals surface area contributed by atoms with Crippen LogP contribution in [0.3, 0.4) is 0 Å². The topological polar surface area (TPSA) is 57.0 Å². The van der Waals surface area contributed by atoms with Crippen molar-refractivity contribution in [3.8, 4) is 11.4 Å². The number of halogens is 1. The molecule has 0 fully saturated rings. The van der Waals surface area contributed by atoms with E-state index in [0.717, 1.165) is 15.6 Å². The molecule has 1 heterocycles. The quantitative estimate of drug-likeness (QED) is 0.815. The average molecular weight is 324 g/mol. The fourth-order valence-corrected chi connectivity index (χ4v) is 2.37. The number of carbonyl (C=O) groups is 1. The molecule has 5 nitrogen and oxygen atoms in total. The van der Waals surface area contributed by atoms with Crippen LogP contribution in [-0.2, 0) is 11.8 Å². The number of carbonyl (C=O) groups excluding carboxylic acids is 1. The lowest BCUT2D eigenvalue weighted by atomic mass is 10.1. The van der Waals surface area contributed by atoms with Gasteiger partial charge in [0.2, 0.25) is 0 Å². The molecule has 0 aliphatic heterocycles. The van der Waals surface area contributed by atoms with E-state index in [-0.39, 0.29) is 5.82 Å². The molecular formula is C13H14BrN3O2. The Labute approximate surface area is 119 Å². The number of hydrogen-bond donors (Lipinski definition) is 0. The van der Waals surface area contributed by atoms with E-state index in [1.165, 1.54) is 0 Å². The first-order valence-corrected chi connectivity index (χ1v) is 6.67. The molecular weight excluding hydrogens is 310 g/mol. The predicted molar refractivity (Wildman–Crippen MR) is 74.8 cm³/mol. The van der Waals surface area contributed by atoms with E-state index in [4.69, 9.17) is 4.74 Å². The van der Waals surface area contributed by atoms with Gasteiger partial charge in [0.15, 0.2) is 5.82 Å². The second-order valence-corrected chi connectivity index (χ2v) is 4.94.